The third-order valence-electron chi connectivity index (χ3n) is 5.62. The first-order valence-corrected chi connectivity index (χ1v) is 8.82. The van der Waals surface area contributed by atoms with Crippen LogP contribution < -0.4 is 0 Å². The van der Waals surface area contributed by atoms with Gasteiger partial charge in [-0.1, -0.05) is 18.2 Å². The number of nitrogens with one attached hydrogen (secondary N) is 1. The number of carbonyl (C=O) groups excluding carboxylic acids is 1. The van der Waals surface area contributed by atoms with Gasteiger partial charge in [-0.25, -0.2) is 0 Å². The third kappa shape index (κ3) is 2.70. The molecule has 2 saturated heterocycles. The normalized spacial score (nSPS) is 24.5. The molecule has 2 aliphatic rings. The summed E-state index contributed by atoms with van der Waals surface area (Å²) >= 11 is 0. The summed E-state index contributed by atoms with van der Waals surface area (Å²) in [6, 6.07) is 8.66. The predicted octanol–water partition coefficient (Wildman–Crippen LogP) is 2.91. The van der Waals surface area contributed by atoms with E-state index in [2.05, 4.69) is 21.7 Å². The van der Waals surface area contributed by atoms with Crippen molar-refractivity contribution in [1.29, 1.82) is 0 Å². The van der Waals surface area contributed by atoms with E-state index in [1.54, 1.807) is 0 Å². The molecule has 0 unspecified atom stereocenters. The summed E-state index contributed by atoms with van der Waals surface area (Å²) in [5.74, 6) is 0.244. The number of para-hydroxylation sites is 1. The van der Waals surface area contributed by atoms with E-state index in [9.17, 15) is 4.79 Å². The maximum Gasteiger partial charge on any atom is 0.181 e. The Morgan fingerprint density at radius 1 is 1.22 bits per heavy atom. The van der Waals surface area contributed by atoms with E-state index in [4.69, 9.17) is 0 Å². The smallest absolute Gasteiger partial charge is 0.181 e. The fourth-order valence-corrected chi connectivity index (χ4v) is 4.25. The van der Waals surface area contributed by atoms with Crippen LogP contribution in [0.4, 0.5) is 0 Å². The molecule has 4 nitrogen and oxygen atoms in total. The molecule has 23 heavy (non-hydrogen) atoms. The molecule has 0 aliphatic carbocycles. The second kappa shape index (κ2) is 6.10. The van der Waals surface area contributed by atoms with Gasteiger partial charge in [-0.15, -0.1) is 0 Å². The second-order valence-electron chi connectivity index (χ2n) is 6.97. The Morgan fingerprint density at radius 2 is 2.04 bits per heavy atom. The Balaban J connectivity index is 1.55. The number of rotatable bonds is 3. The molecule has 1 N–H and O–H groups in total. The molecule has 0 bridgehead atoms. The lowest BCUT2D eigenvalue weighted by atomic mass is 10.0. The Morgan fingerprint density at radius 3 is 2.96 bits per heavy atom. The molecule has 122 valence electrons. The summed E-state index contributed by atoms with van der Waals surface area (Å²) in [7, 11) is 0. The highest BCUT2D eigenvalue weighted by Crippen LogP contribution is 2.25. The molecule has 2 fully saturated rings. The van der Waals surface area contributed by atoms with Gasteiger partial charge in [-0.2, -0.15) is 0 Å². The standard InChI is InChI=1S/C19H25N3O/c1-14(22-11-5-10-21-9-4-6-15(21)13-22)19(23)17-12-20-18-8-3-2-7-16(17)18/h2-3,7-8,12,14-15,20H,4-6,9-11,13H2,1H3/t14-,15+/m1/s1. The van der Waals surface area contributed by atoms with Crippen molar-refractivity contribution in [2.45, 2.75) is 38.3 Å². The van der Waals surface area contributed by atoms with E-state index in [-0.39, 0.29) is 11.8 Å². The van der Waals surface area contributed by atoms with E-state index in [0.29, 0.717) is 6.04 Å². The van der Waals surface area contributed by atoms with Gasteiger partial charge in [-0.3, -0.25) is 14.6 Å². The number of aromatic nitrogens is 1. The number of benzene rings is 1. The number of nitrogens with zero attached hydrogens (tertiary/aromatic N) is 2. The van der Waals surface area contributed by atoms with Crippen LogP contribution in [0.15, 0.2) is 30.5 Å². The number of hydrogen-bond acceptors (Lipinski definition) is 3. The number of fused-ring (bicyclic) bond motifs is 2. The van der Waals surface area contributed by atoms with Gasteiger partial charge in [0, 0.05) is 41.8 Å². The van der Waals surface area contributed by atoms with Gasteiger partial charge >= 0.3 is 0 Å². The average molecular weight is 311 g/mol. The molecular weight excluding hydrogens is 286 g/mol. The molecule has 0 radical (unpaired) electrons. The number of aromatic amines is 1. The van der Waals surface area contributed by atoms with E-state index in [0.717, 1.165) is 29.6 Å². The van der Waals surface area contributed by atoms with E-state index < -0.39 is 0 Å². The van der Waals surface area contributed by atoms with Crippen molar-refractivity contribution in [2.24, 2.45) is 0 Å². The number of Topliss-reactive ketones (excluding diaryl/α,β-unsaturated/α-hetero) is 1. The second-order valence-corrected chi connectivity index (χ2v) is 6.97. The van der Waals surface area contributed by atoms with E-state index in [1.807, 2.05) is 30.5 Å². The molecule has 0 saturated carbocycles. The fraction of sp³-hybridized carbons (Fsp3) is 0.526. The minimum Gasteiger partial charge on any atom is -0.360 e. The highest BCUT2D eigenvalue weighted by molar-refractivity contribution is 6.10. The predicted molar refractivity (Wildman–Crippen MR) is 92.9 cm³/mol. The molecule has 0 amide bonds. The molecule has 2 aromatic rings. The van der Waals surface area contributed by atoms with Gasteiger partial charge in [0.05, 0.1) is 6.04 Å². The average Bonchev–Trinajstić information content (AvgIpc) is 3.15. The Labute approximate surface area is 137 Å². The molecule has 2 aliphatic heterocycles. The van der Waals surface area contributed by atoms with Crippen molar-refractivity contribution in [3.63, 3.8) is 0 Å². The zero-order valence-corrected chi connectivity index (χ0v) is 13.8. The quantitative estimate of drug-likeness (QED) is 0.886. The highest BCUT2D eigenvalue weighted by atomic mass is 16.1. The lowest BCUT2D eigenvalue weighted by Crippen LogP contribution is -2.44. The largest absolute Gasteiger partial charge is 0.360 e. The first-order chi connectivity index (χ1) is 11.2. The maximum atomic E-state index is 13.0. The van der Waals surface area contributed by atoms with Crippen LogP contribution in [-0.2, 0) is 0 Å². The summed E-state index contributed by atoms with van der Waals surface area (Å²) in [5, 5.41) is 1.04. The summed E-state index contributed by atoms with van der Waals surface area (Å²) in [6.45, 7) is 6.57. The minimum absolute atomic E-state index is 0.0465. The highest BCUT2D eigenvalue weighted by Gasteiger charge is 2.32. The van der Waals surface area contributed by atoms with Crippen molar-refractivity contribution in [3.05, 3.63) is 36.0 Å². The maximum absolute atomic E-state index is 13.0. The van der Waals surface area contributed by atoms with Crippen LogP contribution in [0.3, 0.4) is 0 Å². The number of hydrogen-bond donors (Lipinski definition) is 1. The van der Waals surface area contributed by atoms with Crippen molar-refractivity contribution in [1.82, 2.24) is 14.8 Å². The zero-order valence-electron chi connectivity index (χ0n) is 13.8. The van der Waals surface area contributed by atoms with Crippen molar-refractivity contribution < 1.29 is 4.79 Å². The first-order valence-electron chi connectivity index (χ1n) is 8.82. The summed E-state index contributed by atoms with van der Waals surface area (Å²) in [6.07, 6.45) is 5.64. The summed E-state index contributed by atoms with van der Waals surface area (Å²) in [4.78, 5) is 21.3. The lowest BCUT2D eigenvalue weighted by Gasteiger charge is -2.29. The van der Waals surface area contributed by atoms with E-state index in [1.165, 1.54) is 32.4 Å². The molecule has 4 heteroatoms. The van der Waals surface area contributed by atoms with Gasteiger partial charge in [0.2, 0.25) is 0 Å². The van der Waals surface area contributed by atoms with Crippen LogP contribution in [0.25, 0.3) is 10.9 Å². The van der Waals surface area contributed by atoms with Gasteiger partial charge in [0.1, 0.15) is 0 Å². The fourth-order valence-electron chi connectivity index (χ4n) is 4.25. The molecular formula is C19H25N3O. The van der Waals surface area contributed by atoms with Crippen LogP contribution >= 0.6 is 0 Å². The minimum atomic E-state index is -0.0465. The Hall–Kier alpha value is -1.65. The van der Waals surface area contributed by atoms with Gasteiger partial charge in [-0.05, 0) is 45.3 Å². The summed E-state index contributed by atoms with van der Waals surface area (Å²) < 4.78 is 0. The van der Waals surface area contributed by atoms with E-state index >= 15 is 0 Å². The molecule has 3 heterocycles. The van der Waals surface area contributed by atoms with Crippen LogP contribution in [0, 0.1) is 0 Å². The number of H-pyrrole nitrogens is 1. The molecule has 1 aromatic carbocycles. The third-order valence-corrected chi connectivity index (χ3v) is 5.62. The van der Waals surface area contributed by atoms with Crippen LogP contribution in [0.2, 0.25) is 0 Å². The van der Waals surface area contributed by atoms with Crippen molar-refractivity contribution in [3.8, 4) is 0 Å². The van der Waals surface area contributed by atoms with Crippen LogP contribution in [0.5, 0.6) is 0 Å². The van der Waals surface area contributed by atoms with Crippen LogP contribution in [-0.4, -0.2) is 58.8 Å². The molecule has 2 atom stereocenters. The Bertz CT molecular complexity index is 707. The molecule has 0 spiro atoms. The van der Waals surface area contributed by atoms with Gasteiger partial charge < -0.3 is 4.98 Å². The SMILES string of the molecule is C[C@H](C(=O)c1c[nH]c2ccccc12)N1CCCN2CCC[C@H]2C1. The molecule has 1 aromatic heterocycles. The topological polar surface area (TPSA) is 39.3 Å². The van der Waals surface area contributed by atoms with Crippen LogP contribution in [0.1, 0.15) is 36.5 Å². The van der Waals surface area contributed by atoms with Crippen molar-refractivity contribution in [2.75, 3.05) is 26.2 Å². The number of carbonyl (C=O) groups is 1. The zero-order chi connectivity index (χ0) is 15.8. The Kier molecular flexibility index (Phi) is 3.95. The van der Waals surface area contributed by atoms with Gasteiger partial charge in [0.15, 0.2) is 5.78 Å². The first kappa shape index (κ1) is 14.9. The lowest BCUT2D eigenvalue weighted by molar-refractivity contribution is 0.0829. The van der Waals surface area contributed by atoms with Crippen molar-refractivity contribution >= 4 is 16.7 Å². The summed E-state index contributed by atoms with van der Waals surface area (Å²) in [5.41, 5.74) is 1.88. The molecule has 4 rings (SSSR count). The number of ketones is 1. The van der Waals surface area contributed by atoms with Gasteiger partial charge in [0.25, 0.3) is 0 Å². The monoisotopic (exact) mass is 311 g/mol.